The Labute approximate surface area is 171 Å². The van der Waals surface area contributed by atoms with E-state index < -0.39 is 28.5 Å². The van der Waals surface area contributed by atoms with Gasteiger partial charge in [0, 0.05) is 12.3 Å². The van der Waals surface area contributed by atoms with Crippen LogP contribution in [0.15, 0.2) is 11.6 Å². The van der Waals surface area contributed by atoms with E-state index in [0.717, 1.165) is 25.7 Å². The predicted molar refractivity (Wildman–Crippen MR) is 104 cm³/mol. The minimum absolute atomic E-state index is 0.0802. The minimum atomic E-state index is -4.66. The van der Waals surface area contributed by atoms with Gasteiger partial charge in [0.25, 0.3) is 0 Å². The van der Waals surface area contributed by atoms with Crippen LogP contribution in [0.4, 0.5) is 0 Å². The lowest BCUT2D eigenvalue weighted by molar-refractivity contribution is -0.146. The molecule has 8 heteroatoms. The Morgan fingerprint density at radius 3 is 2.66 bits per heavy atom. The molecule has 0 heterocycles. The van der Waals surface area contributed by atoms with Crippen LogP contribution in [0.3, 0.4) is 0 Å². The van der Waals surface area contributed by atoms with E-state index in [1.807, 2.05) is 6.92 Å². The van der Waals surface area contributed by atoms with Crippen LogP contribution in [0, 0.1) is 34.5 Å². The van der Waals surface area contributed by atoms with Crippen molar-refractivity contribution in [3.63, 3.8) is 0 Å². The second-order valence-corrected chi connectivity index (χ2v) is 11.0. The van der Waals surface area contributed by atoms with E-state index in [-0.39, 0.29) is 40.7 Å². The van der Waals surface area contributed by atoms with E-state index in [9.17, 15) is 23.1 Å². The Kier molecular flexibility index (Phi) is 5.08. The molecule has 0 saturated heterocycles. The van der Waals surface area contributed by atoms with Crippen LogP contribution in [0.1, 0.15) is 58.8 Å². The van der Waals surface area contributed by atoms with Crippen molar-refractivity contribution in [2.75, 3.05) is 6.61 Å². The lowest BCUT2D eigenvalue weighted by Gasteiger charge is -2.59. The number of allylic oxidation sites excluding steroid dienone is 1. The fraction of sp³-hybridized carbons (Fsp3) is 0.810. The number of carbonyl (C=O) groups excluding carboxylic acids is 2. The van der Waals surface area contributed by atoms with Crippen molar-refractivity contribution in [3.05, 3.63) is 11.6 Å². The molecule has 162 valence electrons. The van der Waals surface area contributed by atoms with Crippen molar-refractivity contribution >= 4 is 22.0 Å². The first-order valence-corrected chi connectivity index (χ1v) is 11.9. The van der Waals surface area contributed by atoms with Crippen LogP contribution in [0.25, 0.3) is 0 Å². The first-order chi connectivity index (χ1) is 13.5. The average Bonchev–Trinajstić information content (AvgIpc) is 2.96. The smallest absolute Gasteiger partial charge is 0.393 e. The highest BCUT2D eigenvalue weighted by Crippen LogP contribution is 2.66. The molecule has 4 aliphatic carbocycles. The molecule has 3 fully saturated rings. The molecule has 0 amide bonds. The molecule has 3 saturated carbocycles. The molecule has 4 unspecified atom stereocenters. The second-order valence-electron chi connectivity index (χ2n) is 9.95. The summed E-state index contributed by atoms with van der Waals surface area (Å²) in [7, 11) is -4.66. The standard InChI is InChI=1S/C21H30O7S/c1-20-8-7-13(22)9-12(20)3-4-14-15-5-6-16(18(24)11-28-29(25,26)27)21(15,2)10-17(23)19(14)20/h9,14-17,19,23H,3-8,10-11H2,1-2H3,(H,25,26,27)/t14?,15?,16-,17?,19?,20+,21+/m1/s1. The lowest BCUT2D eigenvalue weighted by Crippen LogP contribution is -2.57. The molecule has 0 aromatic carbocycles. The van der Waals surface area contributed by atoms with Crippen LogP contribution in [0.2, 0.25) is 0 Å². The van der Waals surface area contributed by atoms with Gasteiger partial charge < -0.3 is 5.11 Å². The second kappa shape index (κ2) is 6.97. The van der Waals surface area contributed by atoms with Gasteiger partial charge in [-0.05, 0) is 73.2 Å². The monoisotopic (exact) mass is 426 g/mol. The van der Waals surface area contributed by atoms with Gasteiger partial charge in [-0.15, -0.1) is 0 Å². The zero-order valence-corrected chi connectivity index (χ0v) is 17.8. The number of aliphatic hydroxyl groups is 1. The van der Waals surface area contributed by atoms with Gasteiger partial charge in [0.1, 0.15) is 6.61 Å². The number of hydrogen-bond donors (Lipinski definition) is 2. The molecule has 2 N–H and O–H groups in total. The molecule has 7 nitrogen and oxygen atoms in total. The maximum atomic E-state index is 12.7. The number of rotatable bonds is 4. The van der Waals surface area contributed by atoms with Gasteiger partial charge >= 0.3 is 10.4 Å². The molecule has 0 aromatic rings. The highest BCUT2D eigenvalue weighted by Gasteiger charge is 2.62. The van der Waals surface area contributed by atoms with Crippen LogP contribution in [-0.2, 0) is 24.2 Å². The molecule has 4 rings (SSSR count). The summed E-state index contributed by atoms with van der Waals surface area (Å²) in [5.74, 6) is 0.0886. The fourth-order valence-electron chi connectivity index (χ4n) is 7.45. The van der Waals surface area contributed by atoms with Crippen LogP contribution >= 0.6 is 0 Å². The summed E-state index contributed by atoms with van der Waals surface area (Å²) in [5.41, 5.74) is 0.584. The van der Waals surface area contributed by atoms with Crippen molar-refractivity contribution in [1.82, 2.24) is 0 Å². The van der Waals surface area contributed by atoms with E-state index in [1.54, 1.807) is 6.08 Å². The molecular formula is C21H30O7S. The highest BCUT2D eigenvalue weighted by atomic mass is 32.3. The Morgan fingerprint density at radius 1 is 1.24 bits per heavy atom. The molecule has 0 aromatic heterocycles. The fourth-order valence-corrected chi connectivity index (χ4v) is 7.71. The summed E-state index contributed by atoms with van der Waals surface area (Å²) in [4.78, 5) is 24.7. The maximum absolute atomic E-state index is 12.7. The van der Waals surface area contributed by atoms with E-state index >= 15 is 0 Å². The van der Waals surface area contributed by atoms with Crippen molar-refractivity contribution < 1.29 is 31.8 Å². The Bertz CT molecular complexity index is 862. The average molecular weight is 427 g/mol. The van der Waals surface area contributed by atoms with Gasteiger partial charge in [0.15, 0.2) is 11.6 Å². The number of fused-ring (bicyclic) bond motifs is 5. The van der Waals surface area contributed by atoms with Crippen molar-refractivity contribution in [2.24, 2.45) is 34.5 Å². The molecule has 29 heavy (non-hydrogen) atoms. The van der Waals surface area contributed by atoms with E-state index in [2.05, 4.69) is 11.1 Å². The molecular weight excluding hydrogens is 396 g/mol. The molecule has 4 aliphatic rings. The third-order valence-corrected chi connectivity index (χ3v) is 9.05. The molecule has 0 bridgehead atoms. The van der Waals surface area contributed by atoms with Crippen molar-refractivity contribution in [1.29, 1.82) is 0 Å². The molecule has 7 atom stereocenters. The third kappa shape index (κ3) is 3.42. The van der Waals surface area contributed by atoms with E-state index in [0.29, 0.717) is 19.3 Å². The highest BCUT2D eigenvalue weighted by molar-refractivity contribution is 7.80. The number of hydrogen-bond acceptors (Lipinski definition) is 6. The Morgan fingerprint density at radius 2 is 1.97 bits per heavy atom. The summed E-state index contributed by atoms with van der Waals surface area (Å²) >= 11 is 0. The van der Waals surface area contributed by atoms with Crippen LogP contribution < -0.4 is 0 Å². The van der Waals surface area contributed by atoms with E-state index in [4.69, 9.17) is 4.55 Å². The number of Topliss-reactive ketones (excluding diaryl/α,β-unsaturated/α-hetero) is 1. The van der Waals surface area contributed by atoms with Gasteiger partial charge in [0.2, 0.25) is 0 Å². The summed E-state index contributed by atoms with van der Waals surface area (Å²) < 4.78 is 34.8. The van der Waals surface area contributed by atoms with Gasteiger partial charge in [-0.1, -0.05) is 19.4 Å². The maximum Gasteiger partial charge on any atom is 0.397 e. The zero-order valence-electron chi connectivity index (χ0n) is 17.0. The third-order valence-electron chi connectivity index (χ3n) is 8.63. The first kappa shape index (κ1) is 21.2. The van der Waals surface area contributed by atoms with Crippen molar-refractivity contribution in [3.8, 4) is 0 Å². The SMILES string of the molecule is C[C@]12CCC(=O)C=C1CCC1C2C(O)C[C@@]2(C)C1CC[C@@H]2C(=O)COS(=O)(=O)O. The normalized spacial score (nSPS) is 44.5. The zero-order chi connectivity index (χ0) is 21.2. The predicted octanol–water partition coefficient (Wildman–Crippen LogP) is 2.49. The minimum Gasteiger partial charge on any atom is -0.393 e. The lowest BCUT2D eigenvalue weighted by atomic mass is 9.46. The van der Waals surface area contributed by atoms with Crippen LogP contribution in [0.5, 0.6) is 0 Å². The summed E-state index contributed by atoms with van der Waals surface area (Å²) in [5, 5.41) is 11.3. The summed E-state index contributed by atoms with van der Waals surface area (Å²) in [6.07, 6.45) is 6.26. The Balaban J connectivity index is 1.60. The summed E-state index contributed by atoms with van der Waals surface area (Å²) in [6, 6.07) is 0. The van der Waals surface area contributed by atoms with E-state index in [1.165, 1.54) is 5.57 Å². The van der Waals surface area contributed by atoms with Crippen LogP contribution in [-0.4, -0.2) is 42.4 Å². The van der Waals surface area contributed by atoms with Crippen molar-refractivity contribution in [2.45, 2.75) is 64.9 Å². The largest absolute Gasteiger partial charge is 0.397 e. The quantitative estimate of drug-likeness (QED) is 0.663. The summed E-state index contributed by atoms with van der Waals surface area (Å²) in [6.45, 7) is 3.56. The topological polar surface area (TPSA) is 118 Å². The number of ketones is 2. The molecule has 0 spiro atoms. The number of carbonyl (C=O) groups is 2. The Hall–Kier alpha value is -1.09. The molecule has 0 radical (unpaired) electrons. The first-order valence-electron chi connectivity index (χ1n) is 10.5. The van der Waals surface area contributed by atoms with Gasteiger partial charge in [-0.2, -0.15) is 8.42 Å². The molecule has 0 aliphatic heterocycles. The van der Waals surface area contributed by atoms with Gasteiger partial charge in [0.05, 0.1) is 6.10 Å². The number of aliphatic hydroxyl groups excluding tert-OH is 1. The van der Waals surface area contributed by atoms with Gasteiger partial charge in [-0.25, -0.2) is 4.18 Å². The van der Waals surface area contributed by atoms with Gasteiger partial charge in [-0.3, -0.25) is 14.1 Å².